The molecule has 0 aliphatic carbocycles. The Kier molecular flexibility index (Phi) is 6.74. The lowest BCUT2D eigenvalue weighted by Crippen LogP contribution is -2.28. The van der Waals surface area contributed by atoms with E-state index in [1.165, 1.54) is 0 Å². The Morgan fingerprint density at radius 2 is 1.62 bits per heavy atom. The maximum atomic E-state index is 5.94. The minimum atomic E-state index is 0.533. The highest BCUT2D eigenvalue weighted by Crippen LogP contribution is 2.32. The first-order valence-electron chi connectivity index (χ1n) is 7.78. The molecule has 0 unspecified atom stereocenters. The van der Waals surface area contributed by atoms with Crippen LogP contribution in [0.15, 0.2) is 76.8 Å². The predicted octanol–water partition coefficient (Wildman–Crippen LogP) is 6.03. The molecule has 1 aromatic heterocycles. The zero-order valence-corrected chi connectivity index (χ0v) is 16.7. The Labute approximate surface area is 172 Å². The smallest absolute Gasteiger partial charge is 0.171 e. The summed E-state index contributed by atoms with van der Waals surface area (Å²) in [6.45, 7) is 0.614. The van der Waals surface area contributed by atoms with E-state index >= 15 is 0 Å². The van der Waals surface area contributed by atoms with Crippen LogP contribution in [0.2, 0.25) is 10.0 Å². The monoisotopic (exact) mass is 419 g/mol. The summed E-state index contributed by atoms with van der Waals surface area (Å²) in [5, 5.41) is 9.19. The van der Waals surface area contributed by atoms with Crippen LogP contribution >= 0.6 is 47.2 Å². The quantitative estimate of drug-likeness (QED) is 0.493. The normalized spacial score (nSPS) is 10.4. The molecular formula is C19H15Cl2N3S2. The van der Waals surface area contributed by atoms with Crippen molar-refractivity contribution in [1.82, 2.24) is 10.3 Å². The predicted molar refractivity (Wildman–Crippen MR) is 114 cm³/mol. The van der Waals surface area contributed by atoms with Crippen LogP contribution in [0.5, 0.6) is 0 Å². The summed E-state index contributed by atoms with van der Waals surface area (Å²) in [7, 11) is 0. The van der Waals surface area contributed by atoms with E-state index in [4.69, 9.17) is 35.4 Å². The van der Waals surface area contributed by atoms with Gasteiger partial charge in [0.05, 0.1) is 5.69 Å². The van der Waals surface area contributed by atoms with E-state index in [1.54, 1.807) is 18.0 Å². The molecular weight excluding hydrogens is 405 g/mol. The Balaban J connectivity index is 1.62. The summed E-state index contributed by atoms with van der Waals surface area (Å²) in [6.07, 6.45) is 1.76. The zero-order valence-electron chi connectivity index (χ0n) is 13.6. The van der Waals surface area contributed by atoms with E-state index in [0.29, 0.717) is 21.7 Å². The molecule has 0 fully saturated rings. The van der Waals surface area contributed by atoms with Crippen molar-refractivity contribution in [1.29, 1.82) is 0 Å². The lowest BCUT2D eigenvalue weighted by atomic mass is 10.2. The molecule has 26 heavy (non-hydrogen) atoms. The van der Waals surface area contributed by atoms with E-state index in [9.17, 15) is 0 Å². The molecule has 0 spiro atoms. The van der Waals surface area contributed by atoms with Crippen molar-refractivity contribution in [3.63, 3.8) is 0 Å². The van der Waals surface area contributed by atoms with E-state index in [0.717, 1.165) is 21.2 Å². The first-order chi connectivity index (χ1) is 12.6. The largest absolute Gasteiger partial charge is 0.358 e. The lowest BCUT2D eigenvalue weighted by Gasteiger charge is -2.13. The molecule has 0 aliphatic heterocycles. The van der Waals surface area contributed by atoms with E-state index in [1.807, 2.05) is 60.7 Å². The zero-order chi connectivity index (χ0) is 18.4. The summed E-state index contributed by atoms with van der Waals surface area (Å²) < 4.78 is 0. The second kappa shape index (κ2) is 9.24. The Hall–Kier alpha value is -1.79. The molecule has 2 N–H and O–H groups in total. The number of hydrogen-bond donors (Lipinski definition) is 2. The van der Waals surface area contributed by atoms with Crippen molar-refractivity contribution < 1.29 is 0 Å². The minimum absolute atomic E-state index is 0.533. The third-order valence-electron chi connectivity index (χ3n) is 3.41. The van der Waals surface area contributed by atoms with Crippen molar-refractivity contribution in [3.8, 4) is 0 Å². The molecule has 1 heterocycles. The summed E-state index contributed by atoms with van der Waals surface area (Å²) in [5.41, 5.74) is 1.95. The third kappa shape index (κ3) is 5.61. The number of nitrogens with zero attached hydrogens (tertiary/aromatic N) is 1. The molecule has 0 atom stereocenters. The number of rotatable bonds is 5. The van der Waals surface area contributed by atoms with Gasteiger partial charge in [-0.1, -0.05) is 47.1 Å². The Morgan fingerprint density at radius 3 is 2.31 bits per heavy atom. The van der Waals surface area contributed by atoms with Crippen LogP contribution in [0.1, 0.15) is 5.56 Å². The van der Waals surface area contributed by atoms with E-state index < -0.39 is 0 Å². The summed E-state index contributed by atoms with van der Waals surface area (Å²) in [6, 6.07) is 19.1. The van der Waals surface area contributed by atoms with Gasteiger partial charge in [0.1, 0.15) is 5.03 Å². The number of halogens is 2. The number of thiocarbonyl (C=S) groups is 1. The van der Waals surface area contributed by atoms with Gasteiger partial charge in [0.25, 0.3) is 0 Å². The first-order valence-corrected chi connectivity index (χ1v) is 9.76. The number of hydrogen-bond acceptors (Lipinski definition) is 3. The van der Waals surface area contributed by atoms with Gasteiger partial charge < -0.3 is 10.6 Å². The van der Waals surface area contributed by atoms with Gasteiger partial charge in [0, 0.05) is 27.7 Å². The number of aromatic nitrogens is 1. The van der Waals surface area contributed by atoms with Crippen molar-refractivity contribution in [2.75, 3.05) is 5.32 Å². The van der Waals surface area contributed by atoms with E-state index in [2.05, 4.69) is 15.6 Å². The van der Waals surface area contributed by atoms with Gasteiger partial charge in [0.15, 0.2) is 5.11 Å². The number of nitrogens with one attached hydrogen (secondary N) is 2. The van der Waals surface area contributed by atoms with Crippen LogP contribution in [0, 0.1) is 0 Å². The molecule has 0 aliphatic rings. The maximum Gasteiger partial charge on any atom is 0.171 e. The standard InChI is InChI=1S/C19H15Cl2N3S2/c20-14-5-3-13(4-6-14)12-23-19(25)24-17-2-1-11-22-18(17)26-16-9-7-15(21)8-10-16/h1-11H,12H2,(H2,23,24,25). The highest BCUT2D eigenvalue weighted by atomic mass is 35.5. The fourth-order valence-electron chi connectivity index (χ4n) is 2.13. The highest BCUT2D eigenvalue weighted by molar-refractivity contribution is 7.99. The molecule has 3 nitrogen and oxygen atoms in total. The summed E-state index contributed by atoms with van der Waals surface area (Å²) in [5.74, 6) is 0. The van der Waals surface area contributed by atoms with Gasteiger partial charge in [-0.15, -0.1) is 0 Å². The number of anilines is 1. The fourth-order valence-corrected chi connectivity index (χ4v) is 3.40. The molecule has 0 saturated carbocycles. The molecule has 2 aromatic carbocycles. The minimum Gasteiger partial charge on any atom is -0.358 e. The molecule has 0 radical (unpaired) electrons. The SMILES string of the molecule is S=C(NCc1ccc(Cl)cc1)Nc1cccnc1Sc1ccc(Cl)cc1. The van der Waals surface area contributed by atoms with Crippen LogP contribution in [0.3, 0.4) is 0 Å². The summed E-state index contributed by atoms with van der Waals surface area (Å²) in [4.78, 5) is 5.49. The molecule has 0 saturated heterocycles. The second-order valence-electron chi connectivity index (χ2n) is 5.35. The molecule has 3 aromatic rings. The molecule has 3 rings (SSSR count). The molecule has 0 amide bonds. The average molecular weight is 420 g/mol. The van der Waals surface area contributed by atoms with Crippen LogP contribution in [0.25, 0.3) is 0 Å². The number of pyridine rings is 1. The average Bonchev–Trinajstić information content (AvgIpc) is 2.65. The molecule has 7 heteroatoms. The van der Waals surface area contributed by atoms with Crippen molar-refractivity contribution >= 4 is 58.0 Å². The second-order valence-corrected chi connectivity index (χ2v) is 7.69. The molecule has 0 bridgehead atoms. The van der Waals surface area contributed by atoms with E-state index in [-0.39, 0.29) is 0 Å². The van der Waals surface area contributed by atoms with Crippen LogP contribution in [-0.4, -0.2) is 10.1 Å². The molecule has 132 valence electrons. The van der Waals surface area contributed by atoms with Crippen LogP contribution in [0.4, 0.5) is 5.69 Å². The topological polar surface area (TPSA) is 37.0 Å². The van der Waals surface area contributed by atoms with Gasteiger partial charge in [-0.25, -0.2) is 4.98 Å². The Morgan fingerprint density at radius 1 is 0.962 bits per heavy atom. The van der Waals surface area contributed by atoms with Crippen molar-refractivity contribution in [2.45, 2.75) is 16.5 Å². The fraction of sp³-hybridized carbons (Fsp3) is 0.0526. The maximum absolute atomic E-state index is 5.94. The first kappa shape index (κ1) is 19.0. The van der Waals surface area contributed by atoms with Gasteiger partial charge in [-0.3, -0.25) is 0 Å². The van der Waals surface area contributed by atoms with Gasteiger partial charge >= 0.3 is 0 Å². The van der Waals surface area contributed by atoms with Gasteiger partial charge in [0.2, 0.25) is 0 Å². The van der Waals surface area contributed by atoms with Gasteiger partial charge in [-0.2, -0.15) is 0 Å². The summed E-state index contributed by atoms with van der Waals surface area (Å²) >= 11 is 18.8. The Bertz CT molecular complexity index is 884. The van der Waals surface area contributed by atoms with Crippen LogP contribution in [-0.2, 0) is 6.54 Å². The van der Waals surface area contributed by atoms with Crippen molar-refractivity contribution in [3.05, 3.63) is 82.5 Å². The highest BCUT2D eigenvalue weighted by Gasteiger charge is 2.07. The lowest BCUT2D eigenvalue weighted by molar-refractivity contribution is 0.924. The third-order valence-corrected chi connectivity index (χ3v) is 5.19. The van der Waals surface area contributed by atoms with Crippen LogP contribution < -0.4 is 10.6 Å². The number of benzene rings is 2. The van der Waals surface area contributed by atoms with Gasteiger partial charge in [-0.05, 0) is 66.3 Å². The van der Waals surface area contributed by atoms with Crippen molar-refractivity contribution in [2.24, 2.45) is 0 Å².